The van der Waals surface area contributed by atoms with E-state index in [0.29, 0.717) is 5.33 Å². The van der Waals surface area contributed by atoms with Crippen LogP contribution >= 0.6 is 15.9 Å². The van der Waals surface area contributed by atoms with Crippen molar-refractivity contribution in [2.45, 2.75) is 25.0 Å². The molecule has 0 radical (unpaired) electrons. The Bertz CT molecular complexity index is 584. The summed E-state index contributed by atoms with van der Waals surface area (Å²) in [6.45, 7) is 0. The Morgan fingerprint density at radius 3 is 2.50 bits per heavy atom. The van der Waals surface area contributed by atoms with Crippen LogP contribution in [0, 0.1) is 0 Å². The van der Waals surface area contributed by atoms with Crippen molar-refractivity contribution in [1.82, 2.24) is 0 Å². The zero-order valence-corrected chi connectivity index (χ0v) is 11.5. The quantitative estimate of drug-likeness (QED) is 0.856. The summed E-state index contributed by atoms with van der Waals surface area (Å²) in [7, 11) is 0. The average molecular weight is 307 g/mol. The number of aliphatic hydroxyl groups is 2. The first-order valence-electron chi connectivity index (χ1n) is 6.18. The van der Waals surface area contributed by atoms with Gasteiger partial charge >= 0.3 is 0 Å². The third-order valence-electron chi connectivity index (χ3n) is 3.75. The van der Waals surface area contributed by atoms with Crippen LogP contribution < -0.4 is 0 Å². The molecule has 1 aliphatic rings. The highest BCUT2D eigenvalue weighted by atomic mass is 79.9. The molecule has 0 spiro atoms. The van der Waals surface area contributed by atoms with E-state index in [0.717, 1.165) is 23.8 Å². The first-order chi connectivity index (χ1) is 8.72. The lowest BCUT2D eigenvalue weighted by Crippen LogP contribution is -2.19. The second-order valence-electron chi connectivity index (χ2n) is 4.82. The summed E-state index contributed by atoms with van der Waals surface area (Å²) in [5.74, 6) is 0. The summed E-state index contributed by atoms with van der Waals surface area (Å²) < 4.78 is 0. The number of aryl methyl sites for hydroxylation is 2. The topological polar surface area (TPSA) is 40.5 Å². The van der Waals surface area contributed by atoms with Gasteiger partial charge in [0.05, 0.1) is 6.10 Å². The van der Waals surface area contributed by atoms with Crippen LogP contribution in [-0.2, 0) is 12.8 Å². The maximum absolute atomic E-state index is 10.2. The van der Waals surface area contributed by atoms with Crippen molar-refractivity contribution in [3.63, 3.8) is 0 Å². The highest BCUT2D eigenvalue weighted by molar-refractivity contribution is 9.09. The standard InChI is InChI=1S/C15H15BrO2/c16-8-13(17)15(18)12-7-6-10-5-4-9-2-1-3-11(12)14(9)10/h1-3,6-7,13,15,17-18H,4-5,8H2. The molecule has 1 aliphatic carbocycles. The van der Waals surface area contributed by atoms with Gasteiger partial charge in [0.15, 0.2) is 0 Å². The minimum Gasteiger partial charge on any atom is -0.389 e. The number of hydrogen-bond acceptors (Lipinski definition) is 2. The number of rotatable bonds is 3. The lowest BCUT2D eigenvalue weighted by atomic mass is 9.95. The molecule has 3 rings (SSSR count). The molecule has 0 aliphatic heterocycles. The molecule has 2 N–H and O–H groups in total. The molecule has 0 bridgehead atoms. The Morgan fingerprint density at radius 2 is 1.78 bits per heavy atom. The van der Waals surface area contributed by atoms with Gasteiger partial charge in [-0.15, -0.1) is 0 Å². The van der Waals surface area contributed by atoms with Crippen LogP contribution in [0.4, 0.5) is 0 Å². The van der Waals surface area contributed by atoms with Crippen molar-refractivity contribution < 1.29 is 10.2 Å². The number of benzene rings is 2. The summed E-state index contributed by atoms with van der Waals surface area (Å²) in [4.78, 5) is 0. The normalized spacial score (nSPS) is 17.1. The highest BCUT2D eigenvalue weighted by Gasteiger charge is 2.22. The summed E-state index contributed by atoms with van der Waals surface area (Å²) in [5, 5.41) is 22.7. The number of alkyl halides is 1. The first-order valence-corrected chi connectivity index (χ1v) is 7.30. The molecule has 0 saturated carbocycles. The van der Waals surface area contributed by atoms with Crippen LogP contribution in [0.5, 0.6) is 0 Å². The van der Waals surface area contributed by atoms with Crippen molar-refractivity contribution in [2.24, 2.45) is 0 Å². The smallest absolute Gasteiger partial charge is 0.106 e. The minimum absolute atomic E-state index is 0.372. The van der Waals surface area contributed by atoms with Crippen molar-refractivity contribution in [3.05, 3.63) is 47.0 Å². The monoisotopic (exact) mass is 306 g/mol. The summed E-state index contributed by atoms with van der Waals surface area (Å²) in [6, 6.07) is 10.2. The molecule has 2 nitrogen and oxygen atoms in total. The number of hydrogen-bond donors (Lipinski definition) is 2. The Hall–Kier alpha value is -0.900. The van der Waals surface area contributed by atoms with E-state index in [4.69, 9.17) is 0 Å². The maximum atomic E-state index is 10.2. The second-order valence-corrected chi connectivity index (χ2v) is 5.47. The van der Waals surface area contributed by atoms with E-state index >= 15 is 0 Å². The zero-order chi connectivity index (χ0) is 12.7. The molecular weight excluding hydrogens is 292 g/mol. The van der Waals surface area contributed by atoms with Crippen LogP contribution in [0.15, 0.2) is 30.3 Å². The van der Waals surface area contributed by atoms with Gasteiger partial charge in [0.25, 0.3) is 0 Å². The van der Waals surface area contributed by atoms with E-state index in [1.807, 2.05) is 18.2 Å². The predicted octanol–water partition coefficient (Wildman–Crippen LogP) is 2.73. The van der Waals surface area contributed by atoms with Crippen molar-refractivity contribution in [2.75, 3.05) is 5.33 Å². The fourth-order valence-electron chi connectivity index (χ4n) is 2.82. The van der Waals surface area contributed by atoms with Crippen molar-refractivity contribution in [1.29, 1.82) is 0 Å². The van der Waals surface area contributed by atoms with Gasteiger partial charge < -0.3 is 10.2 Å². The highest BCUT2D eigenvalue weighted by Crippen LogP contribution is 2.35. The van der Waals surface area contributed by atoms with Gasteiger partial charge in [-0.25, -0.2) is 0 Å². The summed E-state index contributed by atoms with van der Waals surface area (Å²) in [6.07, 6.45) is 0.540. The first kappa shape index (κ1) is 12.2. The van der Waals surface area contributed by atoms with E-state index in [1.54, 1.807) is 0 Å². The van der Waals surface area contributed by atoms with Crippen LogP contribution in [0.2, 0.25) is 0 Å². The molecule has 2 aromatic rings. The van der Waals surface area contributed by atoms with Gasteiger partial charge in [-0.2, -0.15) is 0 Å². The van der Waals surface area contributed by atoms with Crippen molar-refractivity contribution >= 4 is 26.7 Å². The molecule has 0 heterocycles. The van der Waals surface area contributed by atoms with Gasteiger partial charge in [0.1, 0.15) is 6.10 Å². The van der Waals surface area contributed by atoms with E-state index in [1.165, 1.54) is 16.5 Å². The van der Waals surface area contributed by atoms with Gasteiger partial charge in [0.2, 0.25) is 0 Å². The summed E-state index contributed by atoms with van der Waals surface area (Å²) in [5.41, 5.74) is 3.53. The van der Waals surface area contributed by atoms with E-state index in [-0.39, 0.29) is 0 Å². The van der Waals surface area contributed by atoms with Crippen LogP contribution in [0.25, 0.3) is 10.8 Å². The Kier molecular flexibility index (Phi) is 3.14. The second kappa shape index (κ2) is 4.65. The number of aliphatic hydroxyl groups excluding tert-OH is 2. The molecular formula is C15H15BrO2. The van der Waals surface area contributed by atoms with Crippen LogP contribution in [-0.4, -0.2) is 21.6 Å². The molecule has 94 valence electrons. The Balaban J connectivity index is 2.20. The third-order valence-corrected chi connectivity index (χ3v) is 4.42. The third kappa shape index (κ3) is 1.78. The zero-order valence-electron chi connectivity index (χ0n) is 9.94. The molecule has 18 heavy (non-hydrogen) atoms. The van der Waals surface area contributed by atoms with Gasteiger partial charge in [-0.3, -0.25) is 0 Å². The molecule has 0 saturated heterocycles. The lowest BCUT2D eigenvalue weighted by Gasteiger charge is -2.18. The molecule has 0 amide bonds. The fourth-order valence-corrected chi connectivity index (χ4v) is 3.17. The molecule has 2 unspecified atom stereocenters. The van der Waals surface area contributed by atoms with E-state index in [9.17, 15) is 10.2 Å². The van der Waals surface area contributed by atoms with E-state index < -0.39 is 12.2 Å². The predicted molar refractivity (Wildman–Crippen MR) is 76.1 cm³/mol. The Labute approximate surface area is 114 Å². The Morgan fingerprint density at radius 1 is 1.06 bits per heavy atom. The van der Waals surface area contributed by atoms with Crippen LogP contribution in [0.1, 0.15) is 22.8 Å². The van der Waals surface area contributed by atoms with Gasteiger partial charge in [-0.1, -0.05) is 46.3 Å². The molecule has 2 atom stereocenters. The SMILES string of the molecule is OC(CBr)C(O)c1ccc2c3c(cccc13)CC2. The molecule has 3 heteroatoms. The minimum atomic E-state index is -0.839. The van der Waals surface area contributed by atoms with Gasteiger partial charge in [-0.05, 0) is 40.3 Å². The average Bonchev–Trinajstić information content (AvgIpc) is 2.83. The number of halogens is 1. The molecule has 0 aromatic heterocycles. The lowest BCUT2D eigenvalue weighted by molar-refractivity contribution is 0.0352. The largest absolute Gasteiger partial charge is 0.389 e. The maximum Gasteiger partial charge on any atom is 0.106 e. The molecule has 0 fully saturated rings. The van der Waals surface area contributed by atoms with Crippen molar-refractivity contribution in [3.8, 4) is 0 Å². The van der Waals surface area contributed by atoms with Gasteiger partial charge in [0, 0.05) is 5.33 Å². The molecule has 2 aromatic carbocycles. The summed E-state index contributed by atoms with van der Waals surface area (Å²) >= 11 is 3.21. The van der Waals surface area contributed by atoms with E-state index in [2.05, 4.69) is 28.1 Å². The van der Waals surface area contributed by atoms with Crippen LogP contribution in [0.3, 0.4) is 0 Å². The fraction of sp³-hybridized carbons (Fsp3) is 0.333.